The molecule has 0 fully saturated rings. The summed E-state index contributed by atoms with van der Waals surface area (Å²) in [6.07, 6.45) is 3.81. The van der Waals surface area contributed by atoms with E-state index in [9.17, 15) is 9.59 Å². The molecule has 0 spiro atoms. The van der Waals surface area contributed by atoms with Gasteiger partial charge in [0, 0.05) is 46.1 Å². The fourth-order valence-electron chi connectivity index (χ4n) is 2.88. The molecule has 0 atom stereocenters. The van der Waals surface area contributed by atoms with Crippen LogP contribution in [0.3, 0.4) is 0 Å². The number of benzene rings is 2. The number of nitrogen functional groups attached to an aromatic ring is 1. The lowest BCUT2D eigenvalue weighted by Gasteiger charge is -2.04. The molecule has 0 unspecified atom stereocenters. The molecule has 3 N–H and O–H groups in total. The van der Waals surface area contributed by atoms with Crippen molar-refractivity contribution >= 4 is 39.9 Å². The van der Waals surface area contributed by atoms with Gasteiger partial charge in [0.05, 0.1) is 5.56 Å². The molecule has 5 nitrogen and oxygen atoms in total. The first kappa shape index (κ1) is 21.1. The van der Waals surface area contributed by atoms with Crippen LogP contribution in [0.2, 0.25) is 5.02 Å². The summed E-state index contributed by atoms with van der Waals surface area (Å²) in [5.41, 5.74) is 8.00. The van der Waals surface area contributed by atoms with Crippen LogP contribution < -0.4 is 11.1 Å². The quantitative estimate of drug-likeness (QED) is 0.273. The van der Waals surface area contributed by atoms with E-state index in [1.165, 1.54) is 6.08 Å². The van der Waals surface area contributed by atoms with Gasteiger partial charge in [-0.15, -0.1) is 0 Å². The maximum absolute atomic E-state index is 12.3. The number of pyridine rings is 1. The van der Waals surface area contributed by atoms with Gasteiger partial charge in [-0.1, -0.05) is 48.2 Å². The first-order valence-electron chi connectivity index (χ1n) is 9.37. The van der Waals surface area contributed by atoms with Gasteiger partial charge in [0.1, 0.15) is 5.82 Å². The number of aromatic nitrogens is 1. The van der Waals surface area contributed by atoms with E-state index in [4.69, 9.17) is 17.3 Å². The number of halogens is 1. The second-order valence-electron chi connectivity index (χ2n) is 6.60. The molecule has 0 radical (unpaired) electrons. The first-order chi connectivity index (χ1) is 14.5. The molecule has 1 heterocycles. The Morgan fingerprint density at radius 3 is 2.67 bits per heavy atom. The number of fused-ring (bicyclic) bond motifs is 1. The molecule has 150 valence electrons. The number of hydrogen-bond acceptors (Lipinski definition) is 4. The molecule has 0 saturated carbocycles. The Kier molecular flexibility index (Phi) is 6.84. The van der Waals surface area contributed by atoms with Crippen molar-refractivity contribution in [3.8, 4) is 11.8 Å². The summed E-state index contributed by atoms with van der Waals surface area (Å²) in [5, 5.41) is 5.00. The van der Waals surface area contributed by atoms with E-state index in [0.717, 1.165) is 16.3 Å². The van der Waals surface area contributed by atoms with Crippen molar-refractivity contribution < 1.29 is 9.59 Å². The van der Waals surface area contributed by atoms with Crippen LogP contribution in [-0.4, -0.2) is 23.2 Å². The minimum Gasteiger partial charge on any atom is -0.383 e. The number of nitrogens with two attached hydrogens (primary N) is 1. The van der Waals surface area contributed by atoms with E-state index >= 15 is 0 Å². The van der Waals surface area contributed by atoms with Gasteiger partial charge >= 0.3 is 0 Å². The van der Waals surface area contributed by atoms with E-state index in [-0.39, 0.29) is 11.7 Å². The fourth-order valence-corrected chi connectivity index (χ4v) is 3.05. The number of amides is 1. The summed E-state index contributed by atoms with van der Waals surface area (Å²) in [6, 6.07) is 12.6. The molecule has 3 rings (SSSR count). The van der Waals surface area contributed by atoms with Gasteiger partial charge in [-0.25, -0.2) is 4.98 Å². The third-order valence-electron chi connectivity index (χ3n) is 4.49. The van der Waals surface area contributed by atoms with Crippen molar-refractivity contribution in [1.82, 2.24) is 10.3 Å². The number of anilines is 1. The zero-order valence-corrected chi connectivity index (χ0v) is 17.0. The standard InChI is InChI=1S/C24H20ClN3O2/c1-2-23(30)27-13-3-4-22(29)17-8-5-16(6-9-17)7-12-20-21-14-19(25)11-10-18(21)15-28-24(20)26/h2,5-6,8-11,14-15H,1,3-4,13H2,(H2,26,28)(H,27,30). The van der Waals surface area contributed by atoms with Gasteiger partial charge in [0.15, 0.2) is 5.78 Å². The first-order valence-corrected chi connectivity index (χ1v) is 9.75. The van der Waals surface area contributed by atoms with Crippen LogP contribution in [0.1, 0.15) is 34.3 Å². The highest BCUT2D eigenvalue weighted by Crippen LogP contribution is 2.24. The van der Waals surface area contributed by atoms with Crippen molar-refractivity contribution in [3.05, 3.63) is 83.0 Å². The van der Waals surface area contributed by atoms with E-state index < -0.39 is 0 Å². The average molecular weight is 418 g/mol. The Bertz CT molecular complexity index is 1170. The van der Waals surface area contributed by atoms with Crippen LogP contribution >= 0.6 is 11.6 Å². The van der Waals surface area contributed by atoms with Crippen LogP contribution in [0.15, 0.2) is 61.3 Å². The number of hydrogen-bond donors (Lipinski definition) is 2. The molecular weight excluding hydrogens is 398 g/mol. The number of nitrogens with one attached hydrogen (secondary N) is 1. The summed E-state index contributed by atoms with van der Waals surface area (Å²) in [4.78, 5) is 27.6. The molecule has 0 aliphatic heterocycles. The molecule has 3 aromatic rings. The van der Waals surface area contributed by atoms with Crippen molar-refractivity contribution in [2.45, 2.75) is 12.8 Å². The third kappa shape index (κ3) is 5.25. The van der Waals surface area contributed by atoms with Crippen molar-refractivity contribution in [3.63, 3.8) is 0 Å². The second-order valence-corrected chi connectivity index (χ2v) is 7.04. The van der Waals surface area contributed by atoms with E-state index in [0.29, 0.717) is 41.4 Å². The van der Waals surface area contributed by atoms with Crippen LogP contribution in [0.4, 0.5) is 5.82 Å². The number of nitrogens with zero attached hydrogens (tertiary/aromatic N) is 1. The van der Waals surface area contributed by atoms with Crippen LogP contribution in [0, 0.1) is 11.8 Å². The van der Waals surface area contributed by atoms with Gasteiger partial charge in [0.25, 0.3) is 0 Å². The topological polar surface area (TPSA) is 85.1 Å². The van der Waals surface area contributed by atoms with Crippen molar-refractivity contribution in [2.24, 2.45) is 0 Å². The Labute approximate surface area is 179 Å². The minimum atomic E-state index is -0.241. The predicted molar refractivity (Wildman–Crippen MR) is 120 cm³/mol. The van der Waals surface area contributed by atoms with Gasteiger partial charge in [-0.2, -0.15) is 0 Å². The highest BCUT2D eigenvalue weighted by atomic mass is 35.5. The van der Waals surface area contributed by atoms with Gasteiger partial charge < -0.3 is 11.1 Å². The third-order valence-corrected chi connectivity index (χ3v) is 4.72. The summed E-state index contributed by atoms with van der Waals surface area (Å²) >= 11 is 6.11. The van der Waals surface area contributed by atoms with Crippen molar-refractivity contribution in [1.29, 1.82) is 0 Å². The fraction of sp³-hybridized carbons (Fsp3) is 0.125. The van der Waals surface area contributed by atoms with Crippen molar-refractivity contribution in [2.75, 3.05) is 12.3 Å². The van der Waals surface area contributed by atoms with Gasteiger partial charge in [0.2, 0.25) is 5.91 Å². The summed E-state index contributed by atoms with van der Waals surface area (Å²) in [6.45, 7) is 3.82. The Morgan fingerprint density at radius 2 is 1.93 bits per heavy atom. The second kappa shape index (κ2) is 9.73. The molecule has 0 saturated heterocycles. The maximum Gasteiger partial charge on any atom is 0.243 e. The molecule has 0 aliphatic carbocycles. The maximum atomic E-state index is 12.3. The van der Waals surface area contributed by atoms with E-state index in [1.807, 2.05) is 12.1 Å². The number of rotatable bonds is 6. The molecule has 0 aliphatic rings. The number of carbonyl (C=O) groups is 2. The van der Waals surface area contributed by atoms with Crippen LogP contribution in [-0.2, 0) is 4.79 Å². The number of Topliss-reactive ketones (excluding diaryl/α,β-unsaturated/α-hetero) is 1. The molecule has 6 heteroatoms. The van der Waals surface area contributed by atoms with Gasteiger partial charge in [-0.05, 0) is 36.8 Å². The molecule has 1 amide bonds. The zero-order valence-electron chi connectivity index (χ0n) is 16.2. The lowest BCUT2D eigenvalue weighted by atomic mass is 10.0. The Balaban J connectivity index is 1.71. The predicted octanol–water partition coefficient (Wildman–Crippen LogP) is 4.14. The largest absolute Gasteiger partial charge is 0.383 e. The Hall–Kier alpha value is -3.62. The SMILES string of the molecule is C=CC(=O)NCCCC(=O)c1ccc(C#Cc2c(N)ncc3ccc(Cl)cc23)cc1. The molecular formula is C24H20ClN3O2. The van der Waals surface area contributed by atoms with Gasteiger partial charge in [-0.3, -0.25) is 9.59 Å². The molecule has 0 bridgehead atoms. The highest BCUT2D eigenvalue weighted by Gasteiger charge is 2.07. The molecule has 30 heavy (non-hydrogen) atoms. The summed E-state index contributed by atoms with van der Waals surface area (Å²) in [5.74, 6) is 6.26. The minimum absolute atomic E-state index is 0.0134. The number of ketones is 1. The lowest BCUT2D eigenvalue weighted by molar-refractivity contribution is -0.116. The molecule has 2 aromatic carbocycles. The van der Waals surface area contributed by atoms with E-state index in [1.54, 1.807) is 36.5 Å². The lowest BCUT2D eigenvalue weighted by Crippen LogP contribution is -2.22. The summed E-state index contributed by atoms with van der Waals surface area (Å²) in [7, 11) is 0. The molecule has 1 aromatic heterocycles. The normalized spacial score (nSPS) is 10.2. The van der Waals surface area contributed by atoms with Crippen LogP contribution in [0.5, 0.6) is 0 Å². The zero-order chi connectivity index (χ0) is 21.5. The average Bonchev–Trinajstić information content (AvgIpc) is 2.76. The Morgan fingerprint density at radius 1 is 1.17 bits per heavy atom. The highest BCUT2D eigenvalue weighted by molar-refractivity contribution is 6.31. The number of carbonyl (C=O) groups excluding carboxylic acids is 2. The summed E-state index contributed by atoms with van der Waals surface area (Å²) < 4.78 is 0. The smallest absolute Gasteiger partial charge is 0.243 e. The van der Waals surface area contributed by atoms with E-state index in [2.05, 4.69) is 28.7 Å². The monoisotopic (exact) mass is 417 g/mol. The van der Waals surface area contributed by atoms with Crippen LogP contribution in [0.25, 0.3) is 10.8 Å².